The molecule has 0 aromatic heterocycles. The molecule has 0 bridgehead atoms. The first kappa shape index (κ1) is 36.6. The third kappa shape index (κ3) is 10.3. The quantitative estimate of drug-likeness (QED) is 0.296. The van der Waals surface area contributed by atoms with Gasteiger partial charge in [0.05, 0.1) is 32.6 Å². The Morgan fingerprint density at radius 3 is 1.95 bits per heavy atom. The Kier molecular flexibility index (Phi) is 17.9. The summed E-state index contributed by atoms with van der Waals surface area (Å²) in [6.07, 6.45) is 3.19. The van der Waals surface area contributed by atoms with Crippen LogP contribution < -0.4 is 5.32 Å². The Hall–Kier alpha value is -3.42. The molecule has 0 fully saturated rings. The number of aromatic hydroxyl groups is 1. The number of phenols is 1. The lowest BCUT2D eigenvalue weighted by molar-refractivity contribution is -0.110. The van der Waals surface area contributed by atoms with Gasteiger partial charge in [-0.15, -0.1) is 0 Å². The zero-order valence-corrected chi connectivity index (χ0v) is 26.1. The van der Waals surface area contributed by atoms with Gasteiger partial charge in [-0.2, -0.15) is 0 Å². The lowest BCUT2D eigenvalue weighted by atomic mass is 9.94. The number of carbonyl (C=O) groups is 1. The number of fused-ring (bicyclic) bond motifs is 1. The molecule has 7 heteroatoms. The molecule has 2 aliphatic rings. The number of carbonyl (C=O) groups excluding carboxylic acids is 1. The van der Waals surface area contributed by atoms with Crippen molar-refractivity contribution in [2.24, 2.45) is 4.99 Å². The third-order valence-electron chi connectivity index (χ3n) is 5.58. The van der Waals surface area contributed by atoms with Gasteiger partial charge in [-0.25, -0.2) is 4.99 Å². The second-order valence-corrected chi connectivity index (χ2v) is 8.98. The van der Waals surface area contributed by atoms with Crippen molar-refractivity contribution in [3.05, 3.63) is 64.7 Å². The Morgan fingerprint density at radius 1 is 1.00 bits per heavy atom. The Bertz CT molecular complexity index is 1140. The van der Waals surface area contributed by atoms with Crippen molar-refractivity contribution in [1.29, 1.82) is 0 Å². The molecule has 2 aliphatic heterocycles. The highest BCUT2D eigenvalue weighted by atomic mass is 16.5. The van der Waals surface area contributed by atoms with Gasteiger partial charge in [-0.05, 0) is 43.5 Å². The fourth-order valence-corrected chi connectivity index (χ4v) is 3.76. The average Bonchev–Trinajstić information content (AvgIpc) is 3.53. The molecule has 0 unspecified atom stereocenters. The third-order valence-corrected chi connectivity index (χ3v) is 5.58. The van der Waals surface area contributed by atoms with E-state index in [4.69, 9.17) is 4.74 Å². The highest BCUT2D eigenvalue weighted by Gasteiger charge is 2.27. The highest BCUT2D eigenvalue weighted by Crippen LogP contribution is 2.41. The van der Waals surface area contributed by atoms with Crippen LogP contribution in [0.15, 0.2) is 58.6 Å². The summed E-state index contributed by atoms with van der Waals surface area (Å²) >= 11 is 0. The van der Waals surface area contributed by atoms with Gasteiger partial charge < -0.3 is 25.4 Å². The number of phenolic OH excluding ortho intramolecular Hbond substituents is 1. The number of hydrogen-bond donors (Lipinski definition) is 4. The summed E-state index contributed by atoms with van der Waals surface area (Å²) in [5.41, 5.74) is 6.46. The van der Waals surface area contributed by atoms with Crippen LogP contribution in [0.5, 0.6) is 5.75 Å². The molecule has 4 rings (SSSR count). The summed E-state index contributed by atoms with van der Waals surface area (Å²) < 4.78 is 4.86. The summed E-state index contributed by atoms with van der Waals surface area (Å²) in [6.45, 7) is 18.6. The van der Waals surface area contributed by atoms with Crippen LogP contribution in [0.3, 0.4) is 0 Å². The van der Waals surface area contributed by atoms with Crippen LogP contribution in [0.25, 0.3) is 16.7 Å². The largest absolute Gasteiger partial charge is 0.507 e. The molecule has 1 amide bonds. The maximum atomic E-state index is 12.1. The van der Waals surface area contributed by atoms with E-state index in [9.17, 15) is 20.1 Å². The first-order chi connectivity index (χ1) is 19.2. The lowest BCUT2D eigenvalue weighted by Gasteiger charge is -2.13. The monoisotopic (exact) mass is 554 g/mol. The molecule has 7 nitrogen and oxygen atoms in total. The minimum atomic E-state index is -0.318. The number of methoxy groups -OCH3 is 1. The topological polar surface area (TPSA) is 111 Å². The SMILES string of the molecule is CC.CC.CC(C)=C1C(=O)Nc2cc(O)c(-c3ccc(C(CO)CO)cc3)cc21.CCC.COC1=NCC(C)=C1. The van der Waals surface area contributed by atoms with E-state index in [1.807, 2.05) is 84.9 Å². The minimum Gasteiger partial charge on any atom is -0.507 e. The summed E-state index contributed by atoms with van der Waals surface area (Å²) in [7, 11) is 1.63. The van der Waals surface area contributed by atoms with Crippen LogP contribution in [-0.2, 0) is 9.53 Å². The predicted octanol–water partition coefficient (Wildman–Crippen LogP) is 7.33. The fourth-order valence-electron chi connectivity index (χ4n) is 3.76. The molecule has 0 saturated heterocycles. The molecule has 0 radical (unpaired) electrons. The number of anilines is 1. The van der Waals surface area contributed by atoms with E-state index in [1.54, 1.807) is 13.2 Å². The molecule has 0 atom stereocenters. The van der Waals surface area contributed by atoms with Crippen LogP contribution in [0.1, 0.15) is 85.8 Å². The molecule has 0 saturated carbocycles. The van der Waals surface area contributed by atoms with Gasteiger partial charge in [0.25, 0.3) is 5.91 Å². The van der Waals surface area contributed by atoms with Crippen LogP contribution in [-0.4, -0.2) is 54.0 Å². The molecule has 2 aromatic carbocycles. The van der Waals surface area contributed by atoms with Gasteiger partial charge in [-0.1, -0.05) is 77.8 Å². The average molecular weight is 555 g/mol. The van der Waals surface area contributed by atoms with E-state index in [0.717, 1.165) is 34.7 Å². The summed E-state index contributed by atoms with van der Waals surface area (Å²) in [5.74, 6) is 0.363. The first-order valence-corrected chi connectivity index (χ1v) is 14.1. The standard InChI is InChI=1S/C20H21NO4.C6H9NO.C3H8.2C2H6/c1-11(2)19-16-7-15(18(24)8-17(16)21-20(19)25)13-5-3-12(4-6-13)14(9-22)10-23;1-5-3-6(8-2)7-4-5;1-3-2;2*1-2/h3-8,14,22-24H,9-10H2,1-2H3,(H,21,25);3H,4H2,1-2H3;3H2,1-2H3;2*1-2H3. The van der Waals surface area contributed by atoms with Gasteiger partial charge in [0.1, 0.15) is 5.75 Å². The van der Waals surface area contributed by atoms with Crippen molar-refractivity contribution >= 4 is 23.1 Å². The number of nitrogens with one attached hydrogen (secondary N) is 1. The Morgan fingerprint density at radius 2 is 1.55 bits per heavy atom. The normalized spacial score (nSPS) is 12.5. The highest BCUT2D eigenvalue weighted by molar-refractivity contribution is 6.32. The molecule has 40 heavy (non-hydrogen) atoms. The molecule has 2 heterocycles. The molecular formula is C33H50N2O5. The first-order valence-electron chi connectivity index (χ1n) is 14.1. The van der Waals surface area contributed by atoms with E-state index in [1.165, 1.54) is 12.0 Å². The van der Waals surface area contributed by atoms with Crippen LogP contribution >= 0.6 is 0 Å². The van der Waals surface area contributed by atoms with Crippen LogP contribution in [0.2, 0.25) is 0 Å². The van der Waals surface area contributed by atoms with Crippen molar-refractivity contribution in [3.63, 3.8) is 0 Å². The minimum absolute atomic E-state index is 0.0858. The molecule has 222 valence electrons. The zero-order chi connectivity index (χ0) is 30.8. The summed E-state index contributed by atoms with van der Waals surface area (Å²) in [4.78, 5) is 16.2. The number of hydrogen-bond acceptors (Lipinski definition) is 6. The van der Waals surface area contributed by atoms with Gasteiger partial charge in [0, 0.05) is 34.8 Å². The second-order valence-electron chi connectivity index (χ2n) is 8.98. The molecule has 0 spiro atoms. The number of allylic oxidation sites excluding steroid dienone is 1. The number of aliphatic hydroxyl groups excluding tert-OH is 2. The van der Waals surface area contributed by atoms with E-state index in [0.29, 0.717) is 16.8 Å². The number of amides is 1. The summed E-state index contributed by atoms with van der Waals surface area (Å²) in [5, 5.41) is 31.7. The number of benzene rings is 2. The Balaban J connectivity index is 0.000000841. The number of rotatable bonds is 4. The fraction of sp³-hybridized carbons (Fsp3) is 0.455. The number of ether oxygens (including phenoxy) is 1. The van der Waals surface area contributed by atoms with Crippen molar-refractivity contribution in [1.82, 2.24) is 0 Å². The maximum Gasteiger partial charge on any atom is 0.256 e. The van der Waals surface area contributed by atoms with Gasteiger partial charge in [0.15, 0.2) is 0 Å². The van der Waals surface area contributed by atoms with Crippen molar-refractivity contribution in [2.75, 3.05) is 32.2 Å². The second kappa shape index (κ2) is 19.6. The van der Waals surface area contributed by atoms with Crippen molar-refractivity contribution in [3.8, 4) is 16.9 Å². The van der Waals surface area contributed by atoms with E-state index in [-0.39, 0.29) is 30.8 Å². The van der Waals surface area contributed by atoms with Gasteiger partial charge in [-0.3, -0.25) is 4.79 Å². The molecular weight excluding hydrogens is 504 g/mol. The molecule has 4 N–H and O–H groups in total. The van der Waals surface area contributed by atoms with Crippen molar-refractivity contribution < 1.29 is 24.9 Å². The van der Waals surface area contributed by atoms with Crippen LogP contribution in [0, 0.1) is 0 Å². The van der Waals surface area contributed by atoms with Crippen molar-refractivity contribution in [2.45, 2.75) is 74.7 Å². The van der Waals surface area contributed by atoms with E-state index < -0.39 is 0 Å². The predicted molar refractivity (Wildman–Crippen MR) is 169 cm³/mol. The smallest absolute Gasteiger partial charge is 0.256 e. The van der Waals surface area contributed by atoms with Gasteiger partial charge in [0.2, 0.25) is 5.90 Å². The number of aliphatic imine (C=N–C) groups is 1. The van der Waals surface area contributed by atoms with Gasteiger partial charge >= 0.3 is 0 Å². The zero-order valence-electron chi connectivity index (χ0n) is 26.1. The Labute approximate surface area is 241 Å². The van der Waals surface area contributed by atoms with E-state index in [2.05, 4.69) is 24.2 Å². The molecule has 0 aliphatic carbocycles. The lowest BCUT2D eigenvalue weighted by Crippen LogP contribution is -2.08. The number of aliphatic hydroxyl groups is 2. The molecule has 2 aromatic rings. The van der Waals surface area contributed by atoms with Crippen LogP contribution in [0.4, 0.5) is 5.69 Å². The number of nitrogens with zero attached hydrogens (tertiary/aromatic N) is 1. The summed E-state index contributed by atoms with van der Waals surface area (Å²) in [6, 6.07) is 10.7. The van der Waals surface area contributed by atoms with E-state index >= 15 is 0 Å². The maximum absolute atomic E-state index is 12.1.